The summed E-state index contributed by atoms with van der Waals surface area (Å²) in [6.45, 7) is 4.86. The summed E-state index contributed by atoms with van der Waals surface area (Å²) in [5.74, 6) is -0.172. The molecule has 3 unspecified atom stereocenters. The number of amides is 1. The number of hydrogen-bond acceptors (Lipinski definition) is 5. The topological polar surface area (TPSA) is 105 Å². The quantitative estimate of drug-likeness (QED) is 0.0243. The summed E-state index contributed by atoms with van der Waals surface area (Å²) in [6.07, 6.45) is 75.6. The van der Waals surface area contributed by atoms with Crippen LogP contribution in [0.4, 0.5) is 0 Å². The third-order valence-electron chi connectivity index (χ3n) is 15.1. The molecule has 0 spiro atoms. The fourth-order valence-electron chi connectivity index (χ4n) is 9.96. The van der Waals surface area contributed by atoms with E-state index in [-0.39, 0.29) is 19.1 Å². The second-order valence-corrected chi connectivity index (χ2v) is 25.3. The molecule has 0 aliphatic heterocycles. The Hall–Kier alpha value is -1.28. The largest absolute Gasteiger partial charge is 0.472 e. The minimum atomic E-state index is -4.35. The van der Waals surface area contributed by atoms with Crippen LogP contribution in [-0.2, 0) is 18.4 Å². The zero-order valence-corrected chi connectivity index (χ0v) is 51.7. The number of phosphoric ester groups is 1. The van der Waals surface area contributed by atoms with Crippen molar-refractivity contribution in [3.05, 3.63) is 36.5 Å². The van der Waals surface area contributed by atoms with Gasteiger partial charge in [0.25, 0.3) is 0 Å². The van der Waals surface area contributed by atoms with Gasteiger partial charge in [0, 0.05) is 6.42 Å². The number of rotatable bonds is 61. The van der Waals surface area contributed by atoms with Crippen LogP contribution in [0.2, 0.25) is 0 Å². The molecule has 3 atom stereocenters. The number of phosphoric acid groups is 1. The first-order valence-electron chi connectivity index (χ1n) is 32.9. The van der Waals surface area contributed by atoms with Crippen LogP contribution in [0, 0.1) is 0 Å². The maximum Gasteiger partial charge on any atom is 0.472 e. The molecule has 3 N–H and O–H groups in total. The Morgan fingerprint density at radius 2 is 0.760 bits per heavy atom. The molecular formula is C66H130N2O6P+. The minimum Gasteiger partial charge on any atom is -0.387 e. The molecule has 9 heteroatoms. The summed E-state index contributed by atoms with van der Waals surface area (Å²) in [6, 6.07) is -0.847. The van der Waals surface area contributed by atoms with E-state index in [0.717, 1.165) is 44.9 Å². The number of allylic oxidation sites excluding steroid dienone is 5. The fraction of sp³-hybridized carbons (Fsp3) is 0.894. The van der Waals surface area contributed by atoms with Gasteiger partial charge in [-0.15, -0.1) is 0 Å². The SMILES string of the molecule is CCCCCCCCCCC/C=C\C/C=C\CCCCCCCCCCCCCCCCCC(=O)NC(COP(=O)(O)OCC[N+](C)(C)C)C(O)/C=C/CCCCCCCCCCCCCCCCCCCCCC. The maximum absolute atomic E-state index is 13.0. The first-order chi connectivity index (χ1) is 36.5. The lowest BCUT2D eigenvalue weighted by molar-refractivity contribution is -0.870. The Labute approximate surface area is 467 Å². The van der Waals surface area contributed by atoms with E-state index in [0.29, 0.717) is 17.4 Å². The van der Waals surface area contributed by atoms with Gasteiger partial charge in [0.05, 0.1) is 39.9 Å². The van der Waals surface area contributed by atoms with Gasteiger partial charge in [0.2, 0.25) is 5.91 Å². The van der Waals surface area contributed by atoms with Crippen LogP contribution in [-0.4, -0.2) is 73.4 Å². The molecule has 8 nitrogen and oxygen atoms in total. The molecule has 0 bridgehead atoms. The van der Waals surface area contributed by atoms with Crippen LogP contribution < -0.4 is 5.32 Å². The number of quaternary nitrogens is 1. The second-order valence-electron chi connectivity index (χ2n) is 23.8. The smallest absolute Gasteiger partial charge is 0.387 e. The number of carbonyl (C=O) groups excluding carboxylic acids is 1. The van der Waals surface area contributed by atoms with Crippen molar-refractivity contribution in [3.8, 4) is 0 Å². The van der Waals surface area contributed by atoms with Gasteiger partial charge in [0.1, 0.15) is 13.2 Å². The van der Waals surface area contributed by atoms with Crippen molar-refractivity contribution < 1.29 is 32.9 Å². The summed E-state index contributed by atoms with van der Waals surface area (Å²) >= 11 is 0. The van der Waals surface area contributed by atoms with Crippen LogP contribution in [0.3, 0.4) is 0 Å². The number of carbonyl (C=O) groups is 1. The highest BCUT2D eigenvalue weighted by Crippen LogP contribution is 2.43. The predicted octanol–water partition coefficient (Wildman–Crippen LogP) is 20.5. The first-order valence-corrected chi connectivity index (χ1v) is 34.4. The molecule has 0 saturated heterocycles. The van der Waals surface area contributed by atoms with Crippen molar-refractivity contribution in [2.45, 2.75) is 341 Å². The standard InChI is InChI=1S/C66H129N2O6P/c1-6-8-10-12-14-16-18-20-22-24-26-28-30-31-32-33-34-35-36-37-38-40-42-44-46-48-50-52-54-56-58-60-66(70)67-64(63-74-75(71,72)73-62-61-68(3,4)5)65(69)59-57-55-53-51-49-47-45-43-41-39-29-27-25-23-21-19-17-15-13-11-9-7-2/h26,28,31-32,57,59,64-65,69H,6-25,27,29-30,33-56,58,60-63H2,1-5H3,(H-,67,70,71,72)/p+1/b28-26-,32-31-,59-57+. The summed E-state index contributed by atoms with van der Waals surface area (Å²) in [5.41, 5.74) is 0. The molecule has 75 heavy (non-hydrogen) atoms. The molecule has 0 saturated carbocycles. The van der Waals surface area contributed by atoms with E-state index in [1.807, 2.05) is 27.2 Å². The number of nitrogens with one attached hydrogen (secondary N) is 1. The maximum atomic E-state index is 13.0. The summed E-state index contributed by atoms with van der Waals surface area (Å²) in [4.78, 5) is 23.4. The van der Waals surface area contributed by atoms with E-state index in [1.54, 1.807) is 6.08 Å². The van der Waals surface area contributed by atoms with Crippen molar-refractivity contribution in [2.24, 2.45) is 0 Å². The van der Waals surface area contributed by atoms with Gasteiger partial charge < -0.3 is 19.8 Å². The monoisotopic (exact) mass is 1080 g/mol. The van der Waals surface area contributed by atoms with Gasteiger partial charge in [0.15, 0.2) is 0 Å². The van der Waals surface area contributed by atoms with E-state index in [4.69, 9.17) is 9.05 Å². The van der Waals surface area contributed by atoms with E-state index < -0.39 is 20.0 Å². The minimum absolute atomic E-state index is 0.0628. The van der Waals surface area contributed by atoms with Crippen molar-refractivity contribution in [3.63, 3.8) is 0 Å². The average molecular weight is 1080 g/mol. The lowest BCUT2D eigenvalue weighted by Crippen LogP contribution is -2.45. The van der Waals surface area contributed by atoms with Crippen LogP contribution in [0.1, 0.15) is 328 Å². The number of likely N-dealkylation sites (N-methyl/N-ethyl adjacent to an activating group) is 1. The molecule has 0 radical (unpaired) electrons. The predicted molar refractivity (Wildman–Crippen MR) is 328 cm³/mol. The second kappa shape index (κ2) is 57.4. The van der Waals surface area contributed by atoms with Gasteiger partial charge in [-0.25, -0.2) is 4.57 Å². The third-order valence-corrected chi connectivity index (χ3v) is 16.1. The summed E-state index contributed by atoms with van der Waals surface area (Å²) in [7, 11) is 1.59. The van der Waals surface area contributed by atoms with Crippen molar-refractivity contribution >= 4 is 13.7 Å². The number of nitrogens with zero attached hydrogens (tertiary/aromatic N) is 1. The van der Waals surface area contributed by atoms with E-state index in [9.17, 15) is 19.4 Å². The number of unbranched alkanes of at least 4 members (excludes halogenated alkanes) is 44. The van der Waals surface area contributed by atoms with E-state index >= 15 is 0 Å². The molecule has 0 rings (SSSR count). The molecule has 0 aromatic heterocycles. The van der Waals surface area contributed by atoms with Gasteiger partial charge in [-0.2, -0.15) is 0 Å². The van der Waals surface area contributed by atoms with Gasteiger partial charge >= 0.3 is 7.82 Å². The van der Waals surface area contributed by atoms with Crippen molar-refractivity contribution in [1.29, 1.82) is 0 Å². The highest BCUT2D eigenvalue weighted by atomic mass is 31.2. The van der Waals surface area contributed by atoms with Crippen LogP contribution >= 0.6 is 7.82 Å². The Balaban J connectivity index is 4.08. The van der Waals surface area contributed by atoms with Gasteiger partial charge in [-0.1, -0.05) is 307 Å². The van der Waals surface area contributed by atoms with Crippen LogP contribution in [0.25, 0.3) is 0 Å². The molecule has 0 aliphatic carbocycles. The third kappa shape index (κ3) is 60.2. The molecule has 444 valence electrons. The fourth-order valence-corrected chi connectivity index (χ4v) is 10.7. The Bertz CT molecular complexity index is 1320. The van der Waals surface area contributed by atoms with Crippen LogP contribution in [0.5, 0.6) is 0 Å². The molecule has 0 aromatic rings. The molecule has 1 amide bonds. The first kappa shape index (κ1) is 73.7. The summed E-state index contributed by atoms with van der Waals surface area (Å²) < 4.78 is 23.8. The van der Waals surface area contributed by atoms with Crippen LogP contribution in [0.15, 0.2) is 36.5 Å². The zero-order valence-electron chi connectivity index (χ0n) is 50.8. The van der Waals surface area contributed by atoms with E-state index in [1.165, 1.54) is 263 Å². The number of aliphatic hydroxyl groups excluding tert-OH is 1. The molecule has 0 aliphatic rings. The molecular weight excluding hydrogens is 948 g/mol. The number of hydrogen-bond donors (Lipinski definition) is 3. The average Bonchev–Trinajstić information content (AvgIpc) is 3.37. The Morgan fingerprint density at radius 3 is 1.09 bits per heavy atom. The van der Waals surface area contributed by atoms with Gasteiger partial charge in [-0.05, 0) is 51.4 Å². The van der Waals surface area contributed by atoms with E-state index in [2.05, 4.69) is 43.5 Å². The molecule has 0 aromatic carbocycles. The Morgan fingerprint density at radius 1 is 0.453 bits per heavy atom. The lowest BCUT2D eigenvalue weighted by atomic mass is 10.0. The Kier molecular flexibility index (Phi) is 56.4. The number of aliphatic hydroxyl groups is 1. The highest BCUT2D eigenvalue weighted by Gasteiger charge is 2.28. The normalized spacial score (nSPS) is 14.0. The van der Waals surface area contributed by atoms with Gasteiger partial charge in [-0.3, -0.25) is 13.8 Å². The van der Waals surface area contributed by atoms with Crippen molar-refractivity contribution in [2.75, 3.05) is 40.9 Å². The zero-order chi connectivity index (χ0) is 54.9. The highest BCUT2D eigenvalue weighted by molar-refractivity contribution is 7.47. The molecule has 0 heterocycles. The lowest BCUT2D eigenvalue weighted by Gasteiger charge is -2.25. The summed E-state index contributed by atoms with van der Waals surface area (Å²) in [5, 5.41) is 14.0. The van der Waals surface area contributed by atoms with Crippen molar-refractivity contribution in [1.82, 2.24) is 5.32 Å². The molecule has 0 fully saturated rings.